The minimum absolute atomic E-state index is 0.0167. The third-order valence-corrected chi connectivity index (χ3v) is 8.39. The molecule has 1 fully saturated rings. The number of nitrogen functional groups attached to an aromatic ring is 1. The molecule has 2 unspecified atom stereocenters. The number of benzene rings is 1. The number of nitrogens with two attached hydrogens (primary N) is 1. The average Bonchev–Trinajstić information content (AvgIpc) is 3.40. The number of unbranched alkanes of at least 4 members (excludes halogenated alkanes) is 1. The lowest BCUT2D eigenvalue weighted by atomic mass is 9.81. The van der Waals surface area contributed by atoms with Crippen LogP contribution in [0.15, 0.2) is 22.3 Å². The Kier molecular flexibility index (Phi) is 9.74. The van der Waals surface area contributed by atoms with Crippen LogP contribution in [-0.4, -0.2) is 79.6 Å². The summed E-state index contributed by atoms with van der Waals surface area (Å²) in [6.45, 7) is 5.25. The van der Waals surface area contributed by atoms with Gasteiger partial charge in [-0.15, -0.1) is 11.3 Å². The van der Waals surface area contributed by atoms with Crippen LogP contribution in [0.25, 0.3) is 5.57 Å². The van der Waals surface area contributed by atoms with Gasteiger partial charge in [-0.2, -0.15) is 0 Å². The number of amides is 1. The topological polar surface area (TPSA) is 197 Å². The highest BCUT2D eigenvalue weighted by Crippen LogP contribution is 2.48. The van der Waals surface area contributed by atoms with Gasteiger partial charge in [-0.1, -0.05) is 41.7 Å². The number of phenolic OH excluding ortho intramolecular Hbond substituents is 2. The maximum Gasteiger partial charge on any atom is 0.352 e. The molecule has 43 heavy (non-hydrogen) atoms. The summed E-state index contributed by atoms with van der Waals surface area (Å²) < 4.78 is 5.26. The zero-order valence-corrected chi connectivity index (χ0v) is 25.8. The second kappa shape index (κ2) is 13.0. The number of β-lactam (4-membered cyclic amide) rings is 1. The molecule has 3 heterocycles. The van der Waals surface area contributed by atoms with Crippen LogP contribution in [-0.2, 0) is 24.0 Å². The van der Waals surface area contributed by atoms with E-state index in [1.807, 2.05) is 6.92 Å². The monoisotopic (exact) mass is 655 g/mol. The average molecular weight is 657 g/mol. The summed E-state index contributed by atoms with van der Waals surface area (Å²) in [6.07, 6.45) is 2.12. The van der Waals surface area contributed by atoms with Gasteiger partial charge >= 0.3 is 11.9 Å². The molecule has 1 saturated heterocycles. The summed E-state index contributed by atoms with van der Waals surface area (Å²) in [6, 6.07) is -0.0349. The Balaban J connectivity index is 1.54. The van der Waals surface area contributed by atoms with Gasteiger partial charge in [0.2, 0.25) is 11.5 Å². The number of aromatic hydroxyl groups is 2. The van der Waals surface area contributed by atoms with Gasteiger partial charge in [0, 0.05) is 17.5 Å². The van der Waals surface area contributed by atoms with E-state index in [4.69, 9.17) is 38.5 Å². The molecule has 0 aliphatic carbocycles. The van der Waals surface area contributed by atoms with Crippen molar-refractivity contribution in [3.63, 3.8) is 0 Å². The Morgan fingerprint density at radius 3 is 2.65 bits per heavy atom. The number of carbonyl (C=O) groups is 3. The number of aliphatic carboxylic acids is 1. The fourth-order valence-corrected chi connectivity index (χ4v) is 5.73. The van der Waals surface area contributed by atoms with Crippen LogP contribution in [0.1, 0.15) is 57.7 Å². The number of aromatic nitrogens is 1. The number of carboxylic acid groups (broad SMARTS) is 1. The van der Waals surface area contributed by atoms with Crippen LogP contribution in [0.4, 0.5) is 5.13 Å². The SMILES string of the molecule is CCCCOC(=O)C(C)(C)O/N=C(/CNC1C(=O)N2C(C(=O)O)=C(c3cc(Cl)c(O)c(O)c3Cl)CCC12)c1csc(N)n1. The number of hydrogen-bond acceptors (Lipinski definition) is 12. The van der Waals surface area contributed by atoms with Gasteiger partial charge < -0.3 is 30.6 Å². The van der Waals surface area contributed by atoms with Gasteiger partial charge in [-0.05, 0) is 44.7 Å². The first-order chi connectivity index (χ1) is 20.3. The molecule has 232 valence electrons. The normalized spacial score (nSPS) is 18.8. The van der Waals surface area contributed by atoms with Gasteiger partial charge in [0.15, 0.2) is 16.6 Å². The fraction of sp³-hybridized carbons (Fsp3) is 0.444. The van der Waals surface area contributed by atoms with Gasteiger partial charge in [0.1, 0.15) is 23.1 Å². The highest BCUT2D eigenvalue weighted by Gasteiger charge is 2.53. The van der Waals surface area contributed by atoms with E-state index in [1.54, 1.807) is 5.38 Å². The number of carboxylic acids is 1. The Morgan fingerprint density at radius 1 is 1.30 bits per heavy atom. The summed E-state index contributed by atoms with van der Waals surface area (Å²) in [5, 5.41) is 38.8. The predicted molar refractivity (Wildman–Crippen MR) is 160 cm³/mol. The van der Waals surface area contributed by atoms with Gasteiger partial charge in [0.05, 0.1) is 22.7 Å². The number of oxime groups is 1. The molecule has 2 aromatic rings. The summed E-state index contributed by atoms with van der Waals surface area (Å²) >= 11 is 13.4. The number of ether oxygens (including phenoxy) is 1. The molecule has 4 rings (SSSR count). The summed E-state index contributed by atoms with van der Waals surface area (Å²) in [4.78, 5) is 49.1. The molecule has 2 atom stereocenters. The van der Waals surface area contributed by atoms with Crippen LogP contribution < -0.4 is 11.1 Å². The lowest BCUT2D eigenvalue weighted by Gasteiger charge is -2.50. The van der Waals surface area contributed by atoms with Crippen LogP contribution in [0, 0.1) is 0 Å². The fourth-order valence-electron chi connectivity index (χ4n) is 4.70. The zero-order chi connectivity index (χ0) is 31.6. The van der Waals surface area contributed by atoms with Crippen LogP contribution >= 0.6 is 34.5 Å². The standard InChI is InChI=1S/C27H31Cl2N5O8S/c1-4-5-8-41-25(40)27(2,3)42-33-15(16-11-43-26(30)32-16)10-31-19-17-7-6-12(20(24(38)39)34(17)23(19)37)13-9-14(28)21(35)22(36)18(13)29/h9,11,17,19,31,35-36H,4-8,10H2,1-3H3,(H2,30,32)(H,38,39)/b33-15-. The molecule has 6 N–H and O–H groups in total. The van der Waals surface area contributed by atoms with E-state index in [0.29, 0.717) is 18.5 Å². The van der Waals surface area contributed by atoms with Crippen LogP contribution in [0.2, 0.25) is 10.0 Å². The highest BCUT2D eigenvalue weighted by molar-refractivity contribution is 7.13. The van der Waals surface area contributed by atoms with Crippen molar-refractivity contribution in [1.82, 2.24) is 15.2 Å². The Bertz CT molecular complexity index is 1510. The second-order valence-electron chi connectivity index (χ2n) is 10.4. The molecule has 0 spiro atoms. The van der Waals surface area contributed by atoms with E-state index in [1.165, 1.54) is 31.3 Å². The van der Waals surface area contributed by atoms with Gasteiger partial charge in [-0.3, -0.25) is 15.0 Å². The van der Waals surface area contributed by atoms with Crippen molar-refractivity contribution >= 4 is 68.8 Å². The number of nitrogens with zero attached hydrogens (tertiary/aromatic N) is 3. The first-order valence-electron chi connectivity index (χ1n) is 13.3. The van der Waals surface area contributed by atoms with Crippen LogP contribution in [0.5, 0.6) is 11.5 Å². The number of fused-ring (bicyclic) bond motifs is 1. The number of rotatable bonds is 12. The minimum Gasteiger partial charge on any atom is -0.503 e. The molecular formula is C27H31Cl2N5O8S. The molecule has 0 radical (unpaired) electrons. The highest BCUT2D eigenvalue weighted by atomic mass is 35.5. The zero-order valence-electron chi connectivity index (χ0n) is 23.5. The number of hydrogen-bond donors (Lipinski definition) is 5. The van der Waals surface area contributed by atoms with Crippen molar-refractivity contribution in [2.24, 2.45) is 5.16 Å². The van der Waals surface area contributed by atoms with E-state index in [0.717, 1.165) is 11.3 Å². The summed E-state index contributed by atoms with van der Waals surface area (Å²) in [5.41, 5.74) is 5.05. The number of carbonyl (C=O) groups excluding carboxylic acids is 2. The third kappa shape index (κ3) is 6.51. The summed E-state index contributed by atoms with van der Waals surface area (Å²) in [5.74, 6) is -3.79. The number of nitrogens with one attached hydrogen (secondary N) is 1. The second-order valence-corrected chi connectivity index (χ2v) is 12.1. The first kappa shape index (κ1) is 32.3. The van der Waals surface area contributed by atoms with E-state index in [9.17, 15) is 29.7 Å². The maximum atomic E-state index is 13.3. The first-order valence-corrected chi connectivity index (χ1v) is 15.0. The van der Waals surface area contributed by atoms with Crippen molar-refractivity contribution in [1.29, 1.82) is 0 Å². The largest absolute Gasteiger partial charge is 0.503 e. The maximum absolute atomic E-state index is 13.3. The molecular weight excluding hydrogens is 625 g/mol. The van der Waals surface area contributed by atoms with Gasteiger partial charge in [0.25, 0.3) is 0 Å². The number of halogens is 2. The van der Waals surface area contributed by atoms with E-state index in [-0.39, 0.29) is 57.3 Å². The van der Waals surface area contributed by atoms with E-state index < -0.39 is 47.0 Å². The van der Waals surface area contributed by atoms with Gasteiger partial charge in [-0.25, -0.2) is 14.6 Å². The number of esters is 1. The molecule has 2 aliphatic heterocycles. The molecule has 0 saturated carbocycles. The Morgan fingerprint density at radius 2 is 2.02 bits per heavy atom. The summed E-state index contributed by atoms with van der Waals surface area (Å²) in [7, 11) is 0. The number of anilines is 1. The molecule has 13 nitrogen and oxygen atoms in total. The molecule has 1 amide bonds. The van der Waals surface area contributed by atoms with E-state index >= 15 is 0 Å². The van der Waals surface area contributed by atoms with E-state index in [2.05, 4.69) is 15.5 Å². The number of allylic oxidation sites excluding steroid dienone is 1. The molecule has 16 heteroatoms. The lowest BCUT2D eigenvalue weighted by molar-refractivity contribution is -0.168. The smallest absolute Gasteiger partial charge is 0.352 e. The van der Waals surface area contributed by atoms with Crippen molar-refractivity contribution in [2.75, 3.05) is 18.9 Å². The minimum atomic E-state index is -1.41. The van der Waals surface area contributed by atoms with Crippen molar-refractivity contribution in [3.05, 3.63) is 38.4 Å². The number of thiazole rings is 1. The quantitative estimate of drug-likeness (QED) is 0.0557. The predicted octanol–water partition coefficient (Wildman–Crippen LogP) is 3.74. The molecule has 2 aliphatic rings. The Labute approximate surface area is 260 Å². The van der Waals surface area contributed by atoms with Crippen LogP contribution in [0.3, 0.4) is 0 Å². The Hall–Kier alpha value is -3.59. The van der Waals surface area contributed by atoms with Crippen molar-refractivity contribution < 1.29 is 39.3 Å². The molecule has 1 aromatic carbocycles. The third-order valence-electron chi connectivity index (χ3n) is 7.04. The molecule has 0 bridgehead atoms. The molecule has 1 aromatic heterocycles. The van der Waals surface area contributed by atoms with Crippen molar-refractivity contribution in [2.45, 2.75) is 64.1 Å². The number of phenols is 2. The van der Waals surface area contributed by atoms with Crippen molar-refractivity contribution in [3.8, 4) is 11.5 Å². The lowest BCUT2D eigenvalue weighted by Crippen LogP contribution is -2.71.